The Morgan fingerprint density at radius 1 is 1.04 bits per heavy atom. The summed E-state index contributed by atoms with van der Waals surface area (Å²) >= 11 is 1.57. The summed E-state index contributed by atoms with van der Waals surface area (Å²) in [6, 6.07) is 9.34. The van der Waals surface area contributed by atoms with E-state index in [9.17, 15) is 8.78 Å². The van der Waals surface area contributed by atoms with Crippen LogP contribution in [0.4, 0.5) is 8.78 Å². The first-order valence-electron chi connectivity index (χ1n) is 7.76. The van der Waals surface area contributed by atoms with Gasteiger partial charge in [0.05, 0.1) is 24.4 Å². The van der Waals surface area contributed by atoms with E-state index in [0.717, 1.165) is 26.4 Å². The van der Waals surface area contributed by atoms with Crippen molar-refractivity contribution in [2.45, 2.75) is 13.5 Å². The number of alkyl halides is 2. The van der Waals surface area contributed by atoms with E-state index in [0.29, 0.717) is 0 Å². The summed E-state index contributed by atoms with van der Waals surface area (Å²) in [5.41, 5.74) is 2.82. The predicted octanol–water partition coefficient (Wildman–Crippen LogP) is 5.39. The van der Waals surface area contributed by atoms with Gasteiger partial charge in [-0.3, -0.25) is 0 Å². The third kappa shape index (κ3) is 3.94. The summed E-state index contributed by atoms with van der Waals surface area (Å²) in [6.07, 6.45) is 3.68. The summed E-state index contributed by atoms with van der Waals surface area (Å²) in [5.74, 6) is 0.214. The second-order valence-electron chi connectivity index (χ2n) is 5.49. The van der Waals surface area contributed by atoms with Crippen molar-refractivity contribution in [1.29, 1.82) is 0 Å². The maximum absolute atomic E-state index is 12.6. The molecule has 0 saturated heterocycles. The lowest BCUT2D eigenvalue weighted by molar-refractivity contribution is -0.0526. The first-order valence-corrected chi connectivity index (χ1v) is 8.58. The quantitative estimate of drug-likeness (QED) is 0.577. The lowest BCUT2D eigenvalue weighted by Crippen LogP contribution is -2.05. The van der Waals surface area contributed by atoms with Gasteiger partial charge in [0.1, 0.15) is 5.01 Å². The molecular formula is C19H17F2NO3S. The number of hydrogen-bond donors (Lipinski definition) is 0. The minimum atomic E-state index is -2.97. The minimum Gasteiger partial charge on any atom is -0.493 e. The highest BCUT2D eigenvalue weighted by Gasteiger charge is 2.17. The highest BCUT2D eigenvalue weighted by atomic mass is 32.1. The number of benzene rings is 2. The molecule has 1 heterocycles. The molecular weight excluding hydrogens is 360 g/mol. The maximum atomic E-state index is 12.6. The summed E-state index contributed by atoms with van der Waals surface area (Å²) in [5, 5.41) is 0.844. The third-order valence-electron chi connectivity index (χ3n) is 3.67. The molecule has 0 saturated carbocycles. The molecule has 136 valence electrons. The van der Waals surface area contributed by atoms with Crippen molar-refractivity contribution in [1.82, 2.24) is 4.98 Å². The highest BCUT2D eigenvalue weighted by Crippen LogP contribution is 2.40. The fourth-order valence-electron chi connectivity index (χ4n) is 2.50. The van der Waals surface area contributed by atoms with Gasteiger partial charge < -0.3 is 14.2 Å². The van der Waals surface area contributed by atoms with E-state index in [2.05, 4.69) is 9.72 Å². The van der Waals surface area contributed by atoms with E-state index in [1.165, 1.54) is 14.2 Å². The van der Waals surface area contributed by atoms with Crippen LogP contribution in [0.5, 0.6) is 17.2 Å². The minimum absolute atomic E-state index is 0.127. The van der Waals surface area contributed by atoms with E-state index >= 15 is 0 Å². The molecule has 4 nitrogen and oxygen atoms in total. The van der Waals surface area contributed by atoms with Crippen LogP contribution in [0, 0.1) is 6.92 Å². The first-order chi connectivity index (χ1) is 12.5. The van der Waals surface area contributed by atoms with Gasteiger partial charge >= 0.3 is 6.61 Å². The second kappa shape index (κ2) is 7.70. The molecule has 0 aliphatic carbocycles. The van der Waals surface area contributed by atoms with Crippen LogP contribution >= 0.6 is 11.3 Å². The monoisotopic (exact) mass is 377 g/mol. The molecule has 1 aromatic heterocycles. The summed E-state index contributed by atoms with van der Waals surface area (Å²) in [4.78, 5) is 4.58. The largest absolute Gasteiger partial charge is 0.493 e. The molecule has 0 fully saturated rings. The van der Waals surface area contributed by atoms with Gasteiger partial charge in [-0.2, -0.15) is 8.78 Å². The fraction of sp³-hybridized carbons (Fsp3) is 0.211. The van der Waals surface area contributed by atoms with Crippen LogP contribution in [-0.4, -0.2) is 25.8 Å². The van der Waals surface area contributed by atoms with Gasteiger partial charge in [-0.1, -0.05) is 12.1 Å². The zero-order chi connectivity index (χ0) is 18.7. The van der Waals surface area contributed by atoms with Crippen molar-refractivity contribution in [2.75, 3.05) is 14.2 Å². The SMILES string of the molecule is COc1cc(/C=C/c2nc3cc(C)ccc3s2)cc(OC)c1OC(F)F. The van der Waals surface area contributed by atoms with Crippen LogP contribution in [0.25, 0.3) is 22.4 Å². The summed E-state index contributed by atoms with van der Waals surface area (Å²) < 4.78 is 41.1. The van der Waals surface area contributed by atoms with E-state index in [-0.39, 0.29) is 17.2 Å². The van der Waals surface area contributed by atoms with Gasteiger partial charge in [0, 0.05) is 0 Å². The van der Waals surface area contributed by atoms with E-state index in [1.54, 1.807) is 23.5 Å². The Labute approximate surface area is 153 Å². The van der Waals surface area contributed by atoms with Crippen molar-refractivity contribution < 1.29 is 23.0 Å². The number of aryl methyl sites for hydroxylation is 1. The molecule has 0 bridgehead atoms. The zero-order valence-electron chi connectivity index (χ0n) is 14.5. The number of ether oxygens (including phenoxy) is 3. The van der Waals surface area contributed by atoms with Crippen LogP contribution in [0.1, 0.15) is 16.1 Å². The van der Waals surface area contributed by atoms with Crippen LogP contribution < -0.4 is 14.2 Å². The molecule has 0 radical (unpaired) electrons. The van der Waals surface area contributed by atoms with Gasteiger partial charge in [-0.05, 0) is 48.4 Å². The Bertz CT molecular complexity index is 928. The van der Waals surface area contributed by atoms with Crippen molar-refractivity contribution in [3.05, 3.63) is 46.5 Å². The fourth-order valence-corrected chi connectivity index (χ4v) is 3.35. The number of nitrogens with zero attached hydrogens (tertiary/aromatic N) is 1. The van der Waals surface area contributed by atoms with Crippen LogP contribution in [0.15, 0.2) is 30.3 Å². The van der Waals surface area contributed by atoms with E-state index in [4.69, 9.17) is 9.47 Å². The number of methoxy groups -OCH3 is 2. The highest BCUT2D eigenvalue weighted by molar-refractivity contribution is 7.19. The molecule has 0 spiro atoms. The van der Waals surface area contributed by atoms with Crippen LogP contribution in [0.3, 0.4) is 0 Å². The average Bonchev–Trinajstić information content (AvgIpc) is 3.02. The lowest BCUT2D eigenvalue weighted by atomic mass is 10.1. The summed E-state index contributed by atoms with van der Waals surface area (Å²) in [6.45, 7) is -0.944. The molecule has 0 aliphatic heterocycles. The number of aromatic nitrogens is 1. The predicted molar refractivity (Wildman–Crippen MR) is 99.5 cm³/mol. The van der Waals surface area contributed by atoms with Gasteiger partial charge in [-0.25, -0.2) is 4.98 Å². The van der Waals surface area contributed by atoms with Crippen molar-refractivity contribution in [2.24, 2.45) is 0 Å². The van der Waals surface area contributed by atoms with Crippen LogP contribution in [-0.2, 0) is 0 Å². The van der Waals surface area contributed by atoms with Crippen LogP contribution in [0.2, 0.25) is 0 Å². The molecule has 0 unspecified atom stereocenters. The normalized spacial score (nSPS) is 11.5. The van der Waals surface area contributed by atoms with Crippen molar-refractivity contribution in [3.63, 3.8) is 0 Å². The smallest absolute Gasteiger partial charge is 0.387 e. The van der Waals surface area contributed by atoms with Crippen molar-refractivity contribution >= 4 is 33.7 Å². The Morgan fingerprint density at radius 3 is 2.35 bits per heavy atom. The molecule has 0 N–H and O–H groups in total. The van der Waals surface area contributed by atoms with E-state index < -0.39 is 6.61 Å². The van der Waals surface area contributed by atoms with Gasteiger partial charge in [0.15, 0.2) is 11.5 Å². The number of thiazole rings is 1. The standard InChI is InChI=1S/C19H17F2NO3S/c1-11-4-6-16-13(8-11)22-17(26-16)7-5-12-9-14(23-2)18(25-19(20)21)15(10-12)24-3/h4-10,19H,1-3H3/b7-5+. The second-order valence-corrected chi connectivity index (χ2v) is 6.55. The van der Waals surface area contributed by atoms with Gasteiger partial charge in [0.25, 0.3) is 0 Å². The molecule has 26 heavy (non-hydrogen) atoms. The molecule has 2 aromatic carbocycles. The molecule has 0 amide bonds. The first kappa shape index (κ1) is 18.1. The average molecular weight is 377 g/mol. The van der Waals surface area contributed by atoms with Gasteiger partial charge in [0.2, 0.25) is 5.75 Å². The van der Waals surface area contributed by atoms with Crippen molar-refractivity contribution in [3.8, 4) is 17.2 Å². The Hall–Kier alpha value is -2.67. The van der Waals surface area contributed by atoms with Gasteiger partial charge in [-0.15, -0.1) is 11.3 Å². The zero-order valence-corrected chi connectivity index (χ0v) is 15.3. The number of fused-ring (bicyclic) bond motifs is 1. The molecule has 3 rings (SSSR count). The molecule has 0 atom stereocenters. The Balaban J connectivity index is 1.93. The summed E-state index contributed by atoms with van der Waals surface area (Å²) in [7, 11) is 2.77. The molecule has 3 aromatic rings. The Morgan fingerprint density at radius 2 is 1.73 bits per heavy atom. The number of rotatable bonds is 6. The number of halogens is 2. The number of hydrogen-bond acceptors (Lipinski definition) is 5. The topological polar surface area (TPSA) is 40.6 Å². The Kier molecular flexibility index (Phi) is 5.37. The maximum Gasteiger partial charge on any atom is 0.387 e. The molecule has 0 aliphatic rings. The third-order valence-corrected chi connectivity index (χ3v) is 4.67. The lowest BCUT2D eigenvalue weighted by Gasteiger charge is -2.14. The molecule has 7 heteroatoms. The van der Waals surface area contributed by atoms with E-state index in [1.807, 2.05) is 37.3 Å².